The molecule has 0 saturated carbocycles. The van der Waals surface area contributed by atoms with Crippen LogP contribution in [-0.2, 0) is 6.54 Å². The molecule has 0 aliphatic rings. The summed E-state index contributed by atoms with van der Waals surface area (Å²) in [5, 5.41) is 9.49. The van der Waals surface area contributed by atoms with E-state index < -0.39 is 0 Å². The number of rotatable bonds is 3. The molecule has 4 rings (SSSR count). The summed E-state index contributed by atoms with van der Waals surface area (Å²) in [6.07, 6.45) is 3.33. The summed E-state index contributed by atoms with van der Waals surface area (Å²) in [5.74, 6) is 1.63. The SMILES string of the molecule is Cc1cccc(-n2c(C)c(C)c3c(=N)n(Cc4ccco4)cnc32)n1. The van der Waals surface area contributed by atoms with Crippen molar-refractivity contribution in [3.8, 4) is 5.82 Å². The molecule has 0 aliphatic heterocycles. The van der Waals surface area contributed by atoms with Crippen molar-refractivity contribution in [3.05, 3.63) is 71.1 Å². The molecule has 126 valence electrons. The fourth-order valence-corrected chi connectivity index (χ4v) is 3.14. The molecule has 0 atom stereocenters. The van der Waals surface area contributed by atoms with Crippen LogP contribution in [0.4, 0.5) is 0 Å². The minimum Gasteiger partial charge on any atom is -0.467 e. The zero-order valence-electron chi connectivity index (χ0n) is 14.4. The van der Waals surface area contributed by atoms with E-state index >= 15 is 0 Å². The Morgan fingerprint density at radius 2 is 1.96 bits per heavy atom. The first-order chi connectivity index (χ1) is 12.1. The Balaban J connectivity index is 1.94. The lowest BCUT2D eigenvalue weighted by molar-refractivity contribution is 0.486. The Morgan fingerprint density at radius 3 is 2.68 bits per heavy atom. The maximum atomic E-state index is 8.65. The molecule has 4 heterocycles. The Morgan fingerprint density at radius 1 is 1.12 bits per heavy atom. The molecule has 1 N–H and O–H groups in total. The molecule has 0 aliphatic carbocycles. The van der Waals surface area contributed by atoms with Gasteiger partial charge in [-0.05, 0) is 50.6 Å². The summed E-state index contributed by atoms with van der Waals surface area (Å²) in [7, 11) is 0. The molecule has 0 amide bonds. The van der Waals surface area contributed by atoms with Gasteiger partial charge in [-0.15, -0.1) is 0 Å². The summed E-state index contributed by atoms with van der Waals surface area (Å²) >= 11 is 0. The summed E-state index contributed by atoms with van der Waals surface area (Å²) in [4.78, 5) is 9.26. The highest BCUT2D eigenvalue weighted by molar-refractivity contribution is 5.82. The summed E-state index contributed by atoms with van der Waals surface area (Å²) < 4.78 is 9.21. The molecule has 6 nitrogen and oxygen atoms in total. The van der Waals surface area contributed by atoms with Crippen molar-refractivity contribution in [3.63, 3.8) is 0 Å². The average Bonchev–Trinajstić information content (AvgIpc) is 3.18. The molecule has 4 aromatic heterocycles. The fourth-order valence-electron chi connectivity index (χ4n) is 3.14. The minimum absolute atomic E-state index is 0.424. The molecule has 0 unspecified atom stereocenters. The molecule has 0 bridgehead atoms. The number of nitrogens with zero attached hydrogens (tertiary/aromatic N) is 4. The highest BCUT2D eigenvalue weighted by Crippen LogP contribution is 2.24. The second-order valence-electron chi connectivity index (χ2n) is 6.18. The number of pyridine rings is 1. The lowest BCUT2D eigenvalue weighted by Gasteiger charge is -2.08. The van der Waals surface area contributed by atoms with E-state index in [9.17, 15) is 0 Å². The smallest absolute Gasteiger partial charge is 0.151 e. The van der Waals surface area contributed by atoms with Crippen LogP contribution in [0.3, 0.4) is 0 Å². The van der Waals surface area contributed by atoms with Crippen LogP contribution in [0.15, 0.2) is 47.3 Å². The molecule has 6 heteroatoms. The molecular weight excluding hydrogens is 314 g/mol. The highest BCUT2D eigenvalue weighted by Gasteiger charge is 2.17. The first-order valence-electron chi connectivity index (χ1n) is 8.14. The molecule has 0 saturated heterocycles. The number of nitrogens with one attached hydrogen (secondary N) is 1. The van der Waals surface area contributed by atoms with Gasteiger partial charge in [0.1, 0.15) is 17.1 Å². The molecule has 4 aromatic rings. The van der Waals surface area contributed by atoms with Gasteiger partial charge < -0.3 is 8.98 Å². The van der Waals surface area contributed by atoms with E-state index in [4.69, 9.17) is 9.83 Å². The maximum Gasteiger partial charge on any atom is 0.151 e. The minimum atomic E-state index is 0.424. The molecular formula is C19H19N5O. The van der Waals surface area contributed by atoms with Gasteiger partial charge >= 0.3 is 0 Å². The van der Waals surface area contributed by atoms with E-state index in [1.165, 1.54) is 0 Å². The van der Waals surface area contributed by atoms with Crippen molar-refractivity contribution < 1.29 is 4.42 Å². The second-order valence-corrected chi connectivity index (χ2v) is 6.18. The zero-order chi connectivity index (χ0) is 17.6. The van der Waals surface area contributed by atoms with E-state index in [2.05, 4.69) is 9.97 Å². The van der Waals surface area contributed by atoms with Crippen molar-refractivity contribution in [2.24, 2.45) is 0 Å². The molecule has 0 radical (unpaired) electrons. The van der Waals surface area contributed by atoms with E-state index in [0.29, 0.717) is 12.0 Å². The van der Waals surface area contributed by atoms with E-state index in [-0.39, 0.29) is 0 Å². The monoisotopic (exact) mass is 333 g/mol. The van der Waals surface area contributed by atoms with Crippen molar-refractivity contribution in [1.29, 1.82) is 5.41 Å². The van der Waals surface area contributed by atoms with Gasteiger partial charge in [-0.1, -0.05) is 6.07 Å². The molecule has 0 aromatic carbocycles. The van der Waals surface area contributed by atoms with Crippen LogP contribution in [0, 0.1) is 26.2 Å². The lowest BCUT2D eigenvalue weighted by Crippen LogP contribution is -2.21. The summed E-state index contributed by atoms with van der Waals surface area (Å²) in [6, 6.07) is 9.67. The van der Waals surface area contributed by atoms with Crippen molar-refractivity contribution in [1.82, 2.24) is 19.1 Å². The topological polar surface area (TPSA) is 72.6 Å². The lowest BCUT2D eigenvalue weighted by atomic mass is 10.2. The third-order valence-corrected chi connectivity index (χ3v) is 4.54. The van der Waals surface area contributed by atoms with Crippen LogP contribution in [-0.4, -0.2) is 19.1 Å². The third-order valence-electron chi connectivity index (χ3n) is 4.54. The van der Waals surface area contributed by atoms with Crippen LogP contribution < -0.4 is 5.49 Å². The van der Waals surface area contributed by atoms with E-state index in [1.807, 2.05) is 55.7 Å². The molecule has 0 spiro atoms. The molecule has 0 fully saturated rings. The van der Waals surface area contributed by atoms with Crippen molar-refractivity contribution in [2.75, 3.05) is 0 Å². The number of aromatic nitrogens is 4. The van der Waals surface area contributed by atoms with Crippen LogP contribution in [0.1, 0.15) is 22.7 Å². The predicted molar refractivity (Wildman–Crippen MR) is 94.7 cm³/mol. The van der Waals surface area contributed by atoms with Gasteiger partial charge in [-0.3, -0.25) is 9.98 Å². The van der Waals surface area contributed by atoms with Crippen LogP contribution >= 0.6 is 0 Å². The highest BCUT2D eigenvalue weighted by atomic mass is 16.3. The largest absolute Gasteiger partial charge is 0.467 e. The fraction of sp³-hybridized carbons (Fsp3) is 0.211. The first-order valence-corrected chi connectivity index (χ1v) is 8.14. The summed E-state index contributed by atoms with van der Waals surface area (Å²) in [6.45, 7) is 6.53. The van der Waals surface area contributed by atoms with E-state index in [0.717, 1.165) is 39.6 Å². The Labute approximate surface area is 144 Å². The van der Waals surface area contributed by atoms with Gasteiger partial charge in [0.2, 0.25) is 0 Å². The third kappa shape index (κ3) is 2.46. The standard InChI is InChI=1S/C19H19N5O/c1-12-6-4-8-16(22-12)24-14(3)13(2)17-18(20)23(11-21-19(17)24)10-15-7-5-9-25-15/h4-9,11,20H,10H2,1-3H3. The Kier molecular flexibility index (Phi) is 3.53. The van der Waals surface area contributed by atoms with Crippen molar-refractivity contribution >= 4 is 11.0 Å². The van der Waals surface area contributed by atoms with Crippen LogP contribution in [0.25, 0.3) is 16.9 Å². The zero-order valence-corrected chi connectivity index (χ0v) is 14.4. The molecule has 25 heavy (non-hydrogen) atoms. The van der Waals surface area contributed by atoms with Gasteiger partial charge in [0.25, 0.3) is 0 Å². The maximum absolute atomic E-state index is 8.65. The van der Waals surface area contributed by atoms with Crippen LogP contribution in [0.5, 0.6) is 0 Å². The normalized spacial score (nSPS) is 11.3. The Hall–Kier alpha value is -3.15. The van der Waals surface area contributed by atoms with E-state index in [1.54, 1.807) is 17.2 Å². The number of aryl methyl sites for hydroxylation is 2. The second kappa shape index (κ2) is 5.73. The van der Waals surface area contributed by atoms with Gasteiger partial charge in [0.15, 0.2) is 5.65 Å². The quantitative estimate of drug-likeness (QED) is 0.625. The van der Waals surface area contributed by atoms with Crippen molar-refractivity contribution in [2.45, 2.75) is 27.3 Å². The number of furan rings is 1. The number of hydrogen-bond acceptors (Lipinski definition) is 4. The first kappa shape index (κ1) is 15.4. The van der Waals surface area contributed by atoms with Gasteiger partial charge in [0.05, 0.1) is 24.5 Å². The number of fused-ring (bicyclic) bond motifs is 1. The van der Waals surface area contributed by atoms with Gasteiger partial charge in [-0.25, -0.2) is 9.97 Å². The van der Waals surface area contributed by atoms with Crippen LogP contribution in [0.2, 0.25) is 0 Å². The Bertz CT molecular complexity index is 1120. The summed E-state index contributed by atoms with van der Waals surface area (Å²) in [5.41, 5.74) is 4.22. The predicted octanol–water partition coefficient (Wildman–Crippen LogP) is 3.27. The van der Waals surface area contributed by atoms with Gasteiger partial charge in [-0.2, -0.15) is 0 Å². The number of hydrogen-bond donors (Lipinski definition) is 1. The average molecular weight is 333 g/mol. The van der Waals surface area contributed by atoms with Gasteiger partial charge in [0, 0.05) is 11.4 Å².